The Morgan fingerprint density at radius 1 is 1.50 bits per heavy atom. The predicted octanol–water partition coefficient (Wildman–Crippen LogP) is 1.01. The summed E-state index contributed by atoms with van der Waals surface area (Å²) in [5, 5.41) is 11.6. The van der Waals surface area contributed by atoms with Crippen LogP contribution in [-0.4, -0.2) is 23.5 Å². The van der Waals surface area contributed by atoms with Crippen LogP contribution in [-0.2, 0) is 9.59 Å². The largest absolute Gasteiger partial charge is 0.481 e. The van der Waals surface area contributed by atoms with Gasteiger partial charge in [0.05, 0.1) is 5.41 Å². The Kier molecular flexibility index (Phi) is 3.13. The minimum Gasteiger partial charge on any atom is -0.481 e. The second kappa shape index (κ2) is 3.98. The van der Waals surface area contributed by atoms with Crippen molar-refractivity contribution in [3.63, 3.8) is 0 Å². The lowest BCUT2D eigenvalue weighted by Gasteiger charge is -2.13. The molecule has 14 heavy (non-hydrogen) atoms. The summed E-state index contributed by atoms with van der Waals surface area (Å²) < 4.78 is 0. The normalized spacial score (nSPS) is 19.9. The third-order valence-electron chi connectivity index (χ3n) is 2.97. The van der Waals surface area contributed by atoms with E-state index in [2.05, 4.69) is 5.32 Å². The Balaban J connectivity index is 2.34. The molecule has 1 aliphatic carbocycles. The molecule has 4 heteroatoms. The Morgan fingerprint density at radius 3 is 2.43 bits per heavy atom. The molecular formula is C10H17NO3. The van der Waals surface area contributed by atoms with Crippen LogP contribution in [0.25, 0.3) is 0 Å². The van der Waals surface area contributed by atoms with Crippen molar-refractivity contribution < 1.29 is 14.7 Å². The van der Waals surface area contributed by atoms with Crippen molar-refractivity contribution in [2.24, 2.45) is 11.3 Å². The van der Waals surface area contributed by atoms with E-state index in [1.54, 1.807) is 0 Å². The first-order chi connectivity index (χ1) is 6.52. The van der Waals surface area contributed by atoms with Crippen LogP contribution in [0.1, 0.15) is 33.1 Å². The maximum atomic E-state index is 11.4. The molecule has 4 nitrogen and oxygen atoms in total. The van der Waals surface area contributed by atoms with Gasteiger partial charge in [0.1, 0.15) is 0 Å². The summed E-state index contributed by atoms with van der Waals surface area (Å²) in [7, 11) is 0. The van der Waals surface area contributed by atoms with Gasteiger partial charge in [-0.15, -0.1) is 0 Å². The number of hydrogen-bond donors (Lipinski definition) is 2. The van der Waals surface area contributed by atoms with E-state index in [1.165, 1.54) is 0 Å². The van der Waals surface area contributed by atoms with Crippen molar-refractivity contribution in [2.75, 3.05) is 6.54 Å². The van der Waals surface area contributed by atoms with Gasteiger partial charge in [-0.1, -0.05) is 13.8 Å². The lowest BCUT2D eigenvalue weighted by molar-refractivity contribution is -0.143. The molecule has 0 heterocycles. The lowest BCUT2D eigenvalue weighted by Crippen LogP contribution is -2.36. The summed E-state index contributed by atoms with van der Waals surface area (Å²) in [5.41, 5.74) is -0.650. The van der Waals surface area contributed by atoms with E-state index in [-0.39, 0.29) is 18.4 Å². The number of carbonyl (C=O) groups excluding carboxylic acids is 1. The minimum absolute atomic E-state index is 0.0282. The molecule has 1 fully saturated rings. The van der Waals surface area contributed by atoms with E-state index >= 15 is 0 Å². The van der Waals surface area contributed by atoms with Crippen LogP contribution in [0.5, 0.6) is 0 Å². The molecule has 0 spiro atoms. The highest BCUT2D eigenvalue weighted by molar-refractivity contribution is 5.81. The molecule has 0 saturated heterocycles. The quantitative estimate of drug-likeness (QED) is 0.694. The lowest BCUT2D eigenvalue weighted by atomic mass is 10.1. The SMILES string of the molecule is CCC(C)C(=O)NCC1(C(=O)O)CC1. The fourth-order valence-electron chi connectivity index (χ4n) is 1.23. The predicted molar refractivity (Wildman–Crippen MR) is 51.8 cm³/mol. The van der Waals surface area contributed by atoms with E-state index in [1.807, 2.05) is 13.8 Å². The molecule has 0 aromatic carbocycles. The summed E-state index contributed by atoms with van der Waals surface area (Å²) in [6, 6.07) is 0. The molecule has 1 unspecified atom stereocenters. The maximum absolute atomic E-state index is 11.4. The third kappa shape index (κ3) is 2.25. The van der Waals surface area contributed by atoms with Gasteiger partial charge in [-0.3, -0.25) is 9.59 Å². The third-order valence-corrected chi connectivity index (χ3v) is 2.97. The molecule has 1 aliphatic rings. The van der Waals surface area contributed by atoms with E-state index in [0.29, 0.717) is 12.8 Å². The monoisotopic (exact) mass is 199 g/mol. The van der Waals surface area contributed by atoms with Crippen molar-refractivity contribution in [1.29, 1.82) is 0 Å². The van der Waals surface area contributed by atoms with Gasteiger partial charge in [0, 0.05) is 12.5 Å². The zero-order valence-corrected chi connectivity index (χ0v) is 8.67. The van der Waals surface area contributed by atoms with E-state index in [0.717, 1.165) is 6.42 Å². The number of carbonyl (C=O) groups is 2. The van der Waals surface area contributed by atoms with Gasteiger partial charge < -0.3 is 10.4 Å². The number of aliphatic carboxylic acids is 1. The standard InChI is InChI=1S/C10H17NO3/c1-3-7(2)8(12)11-6-10(4-5-10)9(13)14/h7H,3-6H2,1-2H3,(H,11,12)(H,13,14). The van der Waals surface area contributed by atoms with Crippen LogP contribution in [0.15, 0.2) is 0 Å². The first-order valence-electron chi connectivity index (χ1n) is 5.03. The van der Waals surface area contributed by atoms with Crippen LogP contribution in [0.4, 0.5) is 0 Å². The number of rotatable bonds is 5. The smallest absolute Gasteiger partial charge is 0.311 e. The van der Waals surface area contributed by atoms with Gasteiger partial charge in [-0.25, -0.2) is 0 Å². The minimum atomic E-state index is -0.790. The number of amides is 1. The number of nitrogens with one attached hydrogen (secondary N) is 1. The zero-order chi connectivity index (χ0) is 10.8. The van der Waals surface area contributed by atoms with Gasteiger partial charge >= 0.3 is 5.97 Å². The van der Waals surface area contributed by atoms with Crippen molar-refractivity contribution >= 4 is 11.9 Å². The average Bonchev–Trinajstić information content (AvgIpc) is 2.93. The van der Waals surface area contributed by atoms with Gasteiger partial charge in [0.2, 0.25) is 5.91 Å². The van der Waals surface area contributed by atoms with Crippen LogP contribution in [0, 0.1) is 11.3 Å². The molecule has 0 bridgehead atoms. The second-order valence-corrected chi connectivity index (χ2v) is 4.11. The molecule has 1 rings (SSSR count). The molecule has 0 radical (unpaired) electrons. The summed E-state index contributed by atoms with van der Waals surface area (Å²) in [4.78, 5) is 22.2. The Hall–Kier alpha value is -1.06. The molecule has 0 aromatic heterocycles. The highest BCUT2D eigenvalue weighted by Gasteiger charge is 2.50. The highest BCUT2D eigenvalue weighted by Crippen LogP contribution is 2.45. The van der Waals surface area contributed by atoms with Crippen molar-refractivity contribution in [1.82, 2.24) is 5.32 Å². The summed E-state index contributed by atoms with van der Waals surface area (Å²) in [6.07, 6.45) is 2.15. The number of carboxylic acid groups (broad SMARTS) is 1. The topological polar surface area (TPSA) is 66.4 Å². The van der Waals surface area contributed by atoms with Gasteiger partial charge in [-0.2, -0.15) is 0 Å². The van der Waals surface area contributed by atoms with Crippen molar-refractivity contribution in [2.45, 2.75) is 33.1 Å². The van der Waals surface area contributed by atoms with E-state index in [4.69, 9.17) is 5.11 Å². The molecule has 1 saturated carbocycles. The number of hydrogen-bond acceptors (Lipinski definition) is 2. The summed E-state index contributed by atoms with van der Waals surface area (Å²) >= 11 is 0. The first-order valence-corrected chi connectivity index (χ1v) is 5.03. The Labute approximate surface area is 83.7 Å². The van der Waals surface area contributed by atoms with Gasteiger partial charge in [-0.05, 0) is 19.3 Å². The number of carboxylic acids is 1. The highest BCUT2D eigenvalue weighted by atomic mass is 16.4. The molecule has 0 aromatic rings. The van der Waals surface area contributed by atoms with Crippen LogP contribution < -0.4 is 5.32 Å². The molecule has 1 amide bonds. The summed E-state index contributed by atoms with van der Waals surface area (Å²) in [6.45, 7) is 4.06. The molecule has 0 aliphatic heterocycles. The van der Waals surface area contributed by atoms with Crippen LogP contribution in [0.3, 0.4) is 0 Å². The molecule has 2 N–H and O–H groups in total. The fraction of sp³-hybridized carbons (Fsp3) is 0.800. The Bertz CT molecular complexity index is 246. The Morgan fingerprint density at radius 2 is 2.07 bits per heavy atom. The molecular weight excluding hydrogens is 182 g/mol. The average molecular weight is 199 g/mol. The first kappa shape index (κ1) is 11.0. The van der Waals surface area contributed by atoms with Crippen LogP contribution in [0.2, 0.25) is 0 Å². The molecule has 1 atom stereocenters. The van der Waals surface area contributed by atoms with Gasteiger partial charge in [0.15, 0.2) is 0 Å². The van der Waals surface area contributed by atoms with E-state index < -0.39 is 11.4 Å². The van der Waals surface area contributed by atoms with E-state index in [9.17, 15) is 9.59 Å². The van der Waals surface area contributed by atoms with Crippen molar-refractivity contribution in [3.05, 3.63) is 0 Å². The second-order valence-electron chi connectivity index (χ2n) is 4.11. The fourth-order valence-corrected chi connectivity index (χ4v) is 1.23. The summed E-state index contributed by atoms with van der Waals surface area (Å²) in [5.74, 6) is -0.860. The van der Waals surface area contributed by atoms with Crippen molar-refractivity contribution in [3.8, 4) is 0 Å². The maximum Gasteiger partial charge on any atom is 0.311 e. The molecule has 80 valence electrons. The van der Waals surface area contributed by atoms with Gasteiger partial charge in [0.25, 0.3) is 0 Å². The zero-order valence-electron chi connectivity index (χ0n) is 8.67. The van der Waals surface area contributed by atoms with Crippen LogP contribution >= 0.6 is 0 Å².